The predicted molar refractivity (Wildman–Crippen MR) is 101 cm³/mol. The van der Waals surface area contributed by atoms with Gasteiger partial charge >= 0.3 is 0 Å². The van der Waals surface area contributed by atoms with Crippen LogP contribution in [0.25, 0.3) is 17.2 Å². The number of aromatic nitrogens is 4. The summed E-state index contributed by atoms with van der Waals surface area (Å²) in [6.07, 6.45) is 3.26. The molecule has 8 heteroatoms. The van der Waals surface area contributed by atoms with Crippen LogP contribution in [0.2, 0.25) is 0 Å². The molecule has 1 aromatic carbocycles. The summed E-state index contributed by atoms with van der Waals surface area (Å²) >= 11 is 0. The minimum atomic E-state index is -1.37. The summed E-state index contributed by atoms with van der Waals surface area (Å²) in [7, 11) is 0. The Balaban J connectivity index is 1.63. The van der Waals surface area contributed by atoms with E-state index >= 15 is 0 Å². The third-order valence-corrected chi connectivity index (χ3v) is 3.98. The maximum absolute atomic E-state index is 13.3. The molecule has 0 aliphatic rings. The highest BCUT2D eigenvalue weighted by atomic mass is 19.1. The summed E-state index contributed by atoms with van der Waals surface area (Å²) in [5.74, 6) is 6.23. The fourth-order valence-corrected chi connectivity index (χ4v) is 2.77. The van der Waals surface area contributed by atoms with Crippen LogP contribution in [0.4, 0.5) is 10.2 Å². The van der Waals surface area contributed by atoms with Crippen molar-refractivity contribution in [3.05, 3.63) is 65.9 Å². The molecule has 0 aliphatic heterocycles. The van der Waals surface area contributed by atoms with Crippen molar-refractivity contribution in [3.63, 3.8) is 0 Å². The molecule has 4 aromatic rings. The number of halogens is 1. The number of fused-ring (bicyclic) bond motifs is 1. The number of hydrogen-bond donors (Lipinski definition) is 2. The smallest absolute Gasteiger partial charge is 0.218 e. The molecule has 0 saturated heterocycles. The highest BCUT2D eigenvalue weighted by Crippen LogP contribution is 2.19. The first-order valence-electron chi connectivity index (χ1n) is 8.46. The van der Waals surface area contributed by atoms with Crippen LogP contribution in [-0.4, -0.2) is 30.3 Å². The molecule has 3 N–H and O–H groups in total. The number of furan rings is 1. The molecule has 3 heterocycles. The van der Waals surface area contributed by atoms with Crippen LogP contribution in [0.1, 0.15) is 18.2 Å². The molecule has 0 bridgehead atoms. The minimum absolute atomic E-state index is 0.155. The van der Waals surface area contributed by atoms with Gasteiger partial charge in [0.15, 0.2) is 17.2 Å². The standard InChI is InChI=1S/C20H16FN5O2/c1-20(27,11-13-4-2-5-14(21)10-13)8-7-15-12-26-19(17(22)23-15)24-18(25-26)16-6-3-9-28-16/h2-6,9-10,12,27H,11H2,1H3,(H2,22,23). The molecule has 0 aliphatic carbocycles. The van der Waals surface area contributed by atoms with Crippen LogP contribution >= 0.6 is 0 Å². The van der Waals surface area contributed by atoms with Crippen LogP contribution in [0.15, 0.2) is 53.3 Å². The topological polar surface area (TPSA) is 102 Å². The number of anilines is 1. The van der Waals surface area contributed by atoms with Crippen LogP contribution in [-0.2, 0) is 6.42 Å². The Hall–Kier alpha value is -3.70. The Bertz CT molecular complexity index is 1200. The molecule has 0 fully saturated rings. The zero-order chi connectivity index (χ0) is 19.7. The predicted octanol–water partition coefficient (Wildman–Crippen LogP) is 2.45. The maximum atomic E-state index is 13.3. The Morgan fingerprint density at radius 3 is 2.89 bits per heavy atom. The molecule has 3 aromatic heterocycles. The molecule has 7 nitrogen and oxygen atoms in total. The molecular formula is C20H16FN5O2. The first-order valence-corrected chi connectivity index (χ1v) is 8.46. The van der Waals surface area contributed by atoms with E-state index in [4.69, 9.17) is 10.2 Å². The van der Waals surface area contributed by atoms with E-state index in [1.54, 1.807) is 37.4 Å². The average Bonchev–Trinajstić information content (AvgIpc) is 3.29. The second kappa shape index (κ2) is 6.79. The summed E-state index contributed by atoms with van der Waals surface area (Å²) in [6.45, 7) is 1.55. The Morgan fingerprint density at radius 2 is 2.14 bits per heavy atom. The normalized spacial score (nSPS) is 13.1. The lowest BCUT2D eigenvalue weighted by Crippen LogP contribution is -2.25. The van der Waals surface area contributed by atoms with Gasteiger partial charge in [-0.2, -0.15) is 0 Å². The highest BCUT2D eigenvalue weighted by molar-refractivity contribution is 5.63. The van der Waals surface area contributed by atoms with Gasteiger partial charge in [-0.1, -0.05) is 18.1 Å². The first kappa shape index (κ1) is 17.7. The van der Waals surface area contributed by atoms with E-state index in [2.05, 4.69) is 26.9 Å². The largest absolute Gasteiger partial charge is 0.461 e. The van der Waals surface area contributed by atoms with Gasteiger partial charge in [-0.15, -0.1) is 5.10 Å². The molecule has 0 spiro atoms. The van der Waals surface area contributed by atoms with Crippen molar-refractivity contribution in [2.45, 2.75) is 18.9 Å². The lowest BCUT2D eigenvalue weighted by molar-refractivity contribution is 0.122. The maximum Gasteiger partial charge on any atom is 0.218 e. The molecule has 4 rings (SSSR count). The van der Waals surface area contributed by atoms with Gasteiger partial charge in [0.1, 0.15) is 17.1 Å². The molecular weight excluding hydrogens is 361 g/mol. The zero-order valence-corrected chi connectivity index (χ0v) is 14.9. The van der Waals surface area contributed by atoms with Gasteiger partial charge in [-0.25, -0.2) is 18.9 Å². The molecule has 0 amide bonds. The van der Waals surface area contributed by atoms with Gasteiger partial charge in [-0.05, 0) is 42.7 Å². The molecule has 140 valence electrons. The second-order valence-corrected chi connectivity index (χ2v) is 6.52. The molecule has 0 radical (unpaired) electrons. The summed E-state index contributed by atoms with van der Waals surface area (Å²) in [5.41, 5.74) is 5.93. The van der Waals surface area contributed by atoms with Gasteiger partial charge in [0, 0.05) is 6.42 Å². The average molecular weight is 377 g/mol. The van der Waals surface area contributed by atoms with Crippen molar-refractivity contribution < 1.29 is 13.9 Å². The summed E-state index contributed by atoms with van der Waals surface area (Å²) in [5, 5.41) is 14.8. The van der Waals surface area contributed by atoms with Crippen molar-refractivity contribution in [2.75, 3.05) is 5.73 Å². The van der Waals surface area contributed by atoms with Crippen molar-refractivity contribution in [1.82, 2.24) is 19.6 Å². The van der Waals surface area contributed by atoms with E-state index in [9.17, 15) is 9.50 Å². The highest BCUT2D eigenvalue weighted by Gasteiger charge is 2.18. The van der Waals surface area contributed by atoms with E-state index in [1.807, 2.05) is 0 Å². The summed E-state index contributed by atoms with van der Waals surface area (Å²) < 4.78 is 20.1. The van der Waals surface area contributed by atoms with Gasteiger partial charge in [0.05, 0.1) is 12.5 Å². The van der Waals surface area contributed by atoms with Crippen LogP contribution in [0, 0.1) is 17.7 Å². The molecule has 1 unspecified atom stereocenters. The monoisotopic (exact) mass is 377 g/mol. The summed E-state index contributed by atoms with van der Waals surface area (Å²) in [4.78, 5) is 8.51. The zero-order valence-electron chi connectivity index (χ0n) is 14.9. The number of aliphatic hydroxyl groups is 1. The summed E-state index contributed by atoms with van der Waals surface area (Å²) in [6, 6.07) is 9.51. The van der Waals surface area contributed by atoms with Gasteiger partial charge in [-0.3, -0.25) is 0 Å². The number of rotatable bonds is 3. The van der Waals surface area contributed by atoms with E-state index < -0.39 is 5.60 Å². The number of benzene rings is 1. The van der Waals surface area contributed by atoms with Crippen molar-refractivity contribution in [1.29, 1.82) is 0 Å². The van der Waals surface area contributed by atoms with Crippen LogP contribution < -0.4 is 5.73 Å². The first-order chi connectivity index (χ1) is 13.4. The third-order valence-electron chi connectivity index (χ3n) is 3.98. The Labute approximate surface area is 159 Å². The second-order valence-electron chi connectivity index (χ2n) is 6.52. The number of nitrogens with two attached hydrogens (primary N) is 1. The van der Waals surface area contributed by atoms with E-state index in [1.165, 1.54) is 22.9 Å². The van der Waals surface area contributed by atoms with E-state index in [0.29, 0.717) is 28.5 Å². The quantitative estimate of drug-likeness (QED) is 0.532. The SMILES string of the molecule is CC(O)(C#Cc1cn2nc(-c3ccco3)nc2c(N)n1)Cc1cccc(F)c1. The van der Waals surface area contributed by atoms with Crippen LogP contribution in [0.3, 0.4) is 0 Å². The van der Waals surface area contributed by atoms with Crippen LogP contribution in [0.5, 0.6) is 0 Å². The van der Waals surface area contributed by atoms with Gasteiger partial charge in [0.25, 0.3) is 0 Å². The molecule has 28 heavy (non-hydrogen) atoms. The van der Waals surface area contributed by atoms with Crippen molar-refractivity contribution >= 4 is 11.5 Å². The third kappa shape index (κ3) is 3.70. The van der Waals surface area contributed by atoms with Crippen molar-refractivity contribution in [2.24, 2.45) is 0 Å². The molecule has 0 saturated carbocycles. The fraction of sp³-hybridized carbons (Fsp3) is 0.150. The Kier molecular flexibility index (Phi) is 4.29. The number of nitrogens with zero attached hydrogens (tertiary/aromatic N) is 4. The number of hydrogen-bond acceptors (Lipinski definition) is 6. The van der Waals surface area contributed by atoms with Gasteiger partial charge < -0.3 is 15.3 Å². The van der Waals surface area contributed by atoms with E-state index in [-0.39, 0.29) is 18.1 Å². The van der Waals surface area contributed by atoms with Crippen molar-refractivity contribution in [3.8, 4) is 23.4 Å². The lowest BCUT2D eigenvalue weighted by atomic mass is 9.97. The van der Waals surface area contributed by atoms with Gasteiger partial charge in [0.2, 0.25) is 5.82 Å². The Morgan fingerprint density at radius 1 is 1.29 bits per heavy atom. The fourth-order valence-electron chi connectivity index (χ4n) is 2.77. The van der Waals surface area contributed by atoms with E-state index in [0.717, 1.165) is 0 Å². The molecule has 1 atom stereocenters. The number of nitrogen functional groups attached to an aromatic ring is 1. The minimum Gasteiger partial charge on any atom is -0.461 e. The lowest BCUT2D eigenvalue weighted by Gasteiger charge is -2.16.